The highest BCUT2D eigenvalue weighted by molar-refractivity contribution is 5.08. The molecule has 13 heavy (non-hydrogen) atoms. The van der Waals surface area contributed by atoms with Crippen LogP contribution in [0.5, 0.6) is 0 Å². The van der Waals surface area contributed by atoms with E-state index in [1.165, 1.54) is 0 Å². The van der Waals surface area contributed by atoms with Crippen LogP contribution in [0, 0.1) is 0 Å². The van der Waals surface area contributed by atoms with E-state index in [0.717, 1.165) is 5.69 Å². The van der Waals surface area contributed by atoms with E-state index in [0.29, 0.717) is 6.54 Å². The van der Waals surface area contributed by atoms with Gasteiger partial charge in [-0.25, -0.2) is 4.68 Å². The summed E-state index contributed by atoms with van der Waals surface area (Å²) in [6.45, 7) is 9.07. The smallest absolute Gasteiger partial charge is 0.0730 e. The first-order valence-electron chi connectivity index (χ1n) is 4.57. The first-order chi connectivity index (χ1) is 5.96. The Bertz CT molecular complexity index is 271. The molecule has 1 aromatic heterocycles. The number of hydrogen-bond acceptors (Lipinski definition) is 3. The second kappa shape index (κ2) is 3.46. The molecule has 0 bridgehead atoms. The summed E-state index contributed by atoms with van der Waals surface area (Å²) in [6.07, 6.45) is 1.81. The Labute approximate surface area is 79.1 Å². The molecule has 0 aliphatic heterocycles. The minimum Gasteiger partial charge on any atom is -0.328 e. The molecule has 0 aromatic carbocycles. The van der Waals surface area contributed by atoms with E-state index in [1.807, 2.05) is 17.8 Å². The maximum Gasteiger partial charge on any atom is 0.0730 e. The lowest BCUT2D eigenvalue weighted by atomic mass is 9.92. The van der Waals surface area contributed by atoms with Crippen molar-refractivity contribution in [2.24, 2.45) is 5.73 Å². The van der Waals surface area contributed by atoms with Crippen LogP contribution in [-0.2, 0) is 5.41 Å². The lowest BCUT2D eigenvalue weighted by Gasteiger charge is -2.21. The molecule has 1 unspecified atom stereocenters. The van der Waals surface area contributed by atoms with Crippen molar-refractivity contribution in [1.82, 2.24) is 15.0 Å². The minimum atomic E-state index is 0.0763. The van der Waals surface area contributed by atoms with Crippen molar-refractivity contribution in [2.75, 3.05) is 6.54 Å². The highest BCUT2D eigenvalue weighted by Crippen LogP contribution is 2.22. The standard InChI is InChI=1S/C9H18N4/c1-7(5-10)13-8(6-11-12-13)9(2,3)4/h6-7H,5,10H2,1-4H3. The van der Waals surface area contributed by atoms with E-state index in [1.54, 1.807) is 0 Å². The minimum absolute atomic E-state index is 0.0763. The van der Waals surface area contributed by atoms with Crippen LogP contribution in [0.2, 0.25) is 0 Å². The molecule has 0 amide bonds. The number of nitrogens with zero attached hydrogens (tertiary/aromatic N) is 3. The molecule has 1 aromatic rings. The molecule has 0 saturated heterocycles. The Hall–Kier alpha value is -0.900. The van der Waals surface area contributed by atoms with Crippen LogP contribution >= 0.6 is 0 Å². The Balaban J connectivity index is 3.03. The van der Waals surface area contributed by atoms with Gasteiger partial charge in [-0.3, -0.25) is 0 Å². The predicted molar refractivity (Wildman–Crippen MR) is 52.5 cm³/mol. The SMILES string of the molecule is CC(CN)n1nncc1C(C)(C)C. The van der Waals surface area contributed by atoms with Crippen molar-refractivity contribution in [1.29, 1.82) is 0 Å². The maximum atomic E-state index is 5.59. The summed E-state index contributed by atoms with van der Waals surface area (Å²) in [5.41, 5.74) is 6.79. The van der Waals surface area contributed by atoms with Crippen molar-refractivity contribution >= 4 is 0 Å². The number of hydrogen-bond donors (Lipinski definition) is 1. The average molecular weight is 182 g/mol. The number of rotatable bonds is 2. The van der Waals surface area contributed by atoms with Gasteiger partial charge in [0.25, 0.3) is 0 Å². The lowest BCUT2D eigenvalue weighted by molar-refractivity contribution is 0.424. The van der Waals surface area contributed by atoms with Gasteiger partial charge in [-0.15, -0.1) is 5.10 Å². The lowest BCUT2D eigenvalue weighted by Crippen LogP contribution is -2.24. The van der Waals surface area contributed by atoms with Crippen molar-refractivity contribution in [3.05, 3.63) is 11.9 Å². The quantitative estimate of drug-likeness (QED) is 0.745. The average Bonchev–Trinajstić information content (AvgIpc) is 2.49. The molecule has 0 spiro atoms. The first kappa shape index (κ1) is 10.2. The topological polar surface area (TPSA) is 56.7 Å². The fourth-order valence-electron chi connectivity index (χ4n) is 1.21. The van der Waals surface area contributed by atoms with Crippen molar-refractivity contribution < 1.29 is 0 Å². The third kappa shape index (κ3) is 2.06. The Morgan fingerprint density at radius 3 is 2.62 bits per heavy atom. The van der Waals surface area contributed by atoms with E-state index in [-0.39, 0.29) is 11.5 Å². The maximum absolute atomic E-state index is 5.59. The molecule has 4 heteroatoms. The Morgan fingerprint density at radius 2 is 2.15 bits per heavy atom. The third-order valence-electron chi connectivity index (χ3n) is 2.10. The highest BCUT2D eigenvalue weighted by Gasteiger charge is 2.21. The van der Waals surface area contributed by atoms with Gasteiger partial charge in [0.2, 0.25) is 0 Å². The zero-order chi connectivity index (χ0) is 10.1. The molecule has 4 nitrogen and oxygen atoms in total. The van der Waals surface area contributed by atoms with Crippen LogP contribution in [0.4, 0.5) is 0 Å². The Kier molecular flexibility index (Phi) is 2.71. The van der Waals surface area contributed by atoms with Crippen molar-refractivity contribution in [2.45, 2.75) is 39.2 Å². The molecule has 0 fully saturated rings. The molecule has 0 radical (unpaired) electrons. The van der Waals surface area contributed by atoms with Crippen LogP contribution in [0.25, 0.3) is 0 Å². The summed E-state index contributed by atoms with van der Waals surface area (Å²) in [6, 6.07) is 0.219. The van der Waals surface area contributed by atoms with Gasteiger partial charge in [-0.1, -0.05) is 26.0 Å². The molecular formula is C9H18N4. The highest BCUT2D eigenvalue weighted by atomic mass is 15.4. The second-order valence-corrected chi connectivity index (χ2v) is 4.40. The van der Waals surface area contributed by atoms with Crippen LogP contribution < -0.4 is 5.73 Å². The molecule has 74 valence electrons. The van der Waals surface area contributed by atoms with Gasteiger partial charge in [-0.05, 0) is 6.92 Å². The fraction of sp³-hybridized carbons (Fsp3) is 0.778. The molecule has 0 aliphatic rings. The van der Waals surface area contributed by atoms with Gasteiger partial charge < -0.3 is 5.73 Å². The van der Waals surface area contributed by atoms with E-state index >= 15 is 0 Å². The fourth-order valence-corrected chi connectivity index (χ4v) is 1.21. The molecule has 0 aliphatic carbocycles. The third-order valence-corrected chi connectivity index (χ3v) is 2.10. The van der Waals surface area contributed by atoms with Gasteiger partial charge in [-0.2, -0.15) is 0 Å². The van der Waals surface area contributed by atoms with Crippen LogP contribution in [-0.4, -0.2) is 21.5 Å². The van der Waals surface area contributed by atoms with Crippen molar-refractivity contribution in [3.8, 4) is 0 Å². The van der Waals surface area contributed by atoms with Gasteiger partial charge in [0.15, 0.2) is 0 Å². The van der Waals surface area contributed by atoms with Crippen LogP contribution in [0.1, 0.15) is 39.4 Å². The Morgan fingerprint density at radius 1 is 1.54 bits per heavy atom. The van der Waals surface area contributed by atoms with Gasteiger partial charge in [0.05, 0.1) is 17.9 Å². The second-order valence-electron chi connectivity index (χ2n) is 4.40. The van der Waals surface area contributed by atoms with Gasteiger partial charge >= 0.3 is 0 Å². The largest absolute Gasteiger partial charge is 0.328 e. The van der Waals surface area contributed by atoms with Crippen LogP contribution in [0.15, 0.2) is 6.20 Å². The summed E-state index contributed by atoms with van der Waals surface area (Å²) in [4.78, 5) is 0. The van der Waals surface area contributed by atoms with Gasteiger partial charge in [0, 0.05) is 12.0 Å². The molecule has 1 rings (SSSR count). The monoisotopic (exact) mass is 182 g/mol. The number of nitrogens with two attached hydrogens (primary N) is 1. The van der Waals surface area contributed by atoms with Gasteiger partial charge in [0.1, 0.15) is 0 Å². The van der Waals surface area contributed by atoms with E-state index < -0.39 is 0 Å². The molecule has 2 N–H and O–H groups in total. The summed E-state index contributed by atoms with van der Waals surface area (Å²) in [7, 11) is 0. The first-order valence-corrected chi connectivity index (χ1v) is 4.57. The zero-order valence-electron chi connectivity index (χ0n) is 8.78. The summed E-state index contributed by atoms with van der Waals surface area (Å²) < 4.78 is 1.90. The summed E-state index contributed by atoms with van der Waals surface area (Å²) in [5.74, 6) is 0. The molecule has 0 saturated carbocycles. The molecule has 1 atom stereocenters. The molecular weight excluding hydrogens is 164 g/mol. The van der Waals surface area contributed by atoms with E-state index in [2.05, 4.69) is 31.1 Å². The van der Waals surface area contributed by atoms with Crippen LogP contribution in [0.3, 0.4) is 0 Å². The summed E-state index contributed by atoms with van der Waals surface area (Å²) in [5, 5.41) is 7.96. The normalized spacial score (nSPS) is 14.5. The number of aromatic nitrogens is 3. The zero-order valence-corrected chi connectivity index (χ0v) is 8.78. The predicted octanol–water partition coefficient (Wildman–Crippen LogP) is 1.10. The van der Waals surface area contributed by atoms with Crippen molar-refractivity contribution in [3.63, 3.8) is 0 Å². The summed E-state index contributed by atoms with van der Waals surface area (Å²) >= 11 is 0. The van der Waals surface area contributed by atoms with E-state index in [4.69, 9.17) is 5.73 Å². The van der Waals surface area contributed by atoms with E-state index in [9.17, 15) is 0 Å². The molecule has 1 heterocycles.